The molecule has 1 saturated heterocycles. The van der Waals surface area contributed by atoms with Crippen LogP contribution < -0.4 is 11.1 Å². The van der Waals surface area contributed by atoms with Gasteiger partial charge in [-0.1, -0.05) is 36.2 Å². The first-order valence-corrected chi connectivity index (χ1v) is 8.86. The smallest absolute Gasteiger partial charge is 0.220 e. The molecule has 0 spiro atoms. The maximum Gasteiger partial charge on any atom is 0.220 e. The number of carbonyl (C=O) groups is 1. The van der Waals surface area contributed by atoms with E-state index in [4.69, 9.17) is 10.5 Å². The van der Waals surface area contributed by atoms with Crippen LogP contribution in [-0.4, -0.2) is 24.6 Å². The predicted octanol–water partition coefficient (Wildman–Crippen LogP) is 3.27. The van der Waals surface area contributed by atoms with Gasteiger partial charge in [0.2, 0.25) is 5.91 Å². The van der Waals surface area contributed by atoms with Crippen LogP contribution in [-0.2, 0) is 9.53 Å². The number of hydrogen-bond acceptors (Lipinski definition) is 3. The molecule has 0 aromatic heterocycles. The van der Waals surface area contributed by atoms with Crippen LogP contribution in [0.3, 0.4) is 0 Å². The van der Waals surface area contributed by atoms with E-state index in [1.54, 1.807) is 0 Å². The molecule has 1 aliphatic heterocycles. The van der Waals surface area contributed by atoms with E-state index in [0.717, 1.165) is 44.3 Å². The van der Waals surface area contributed by atoms with Crippen molar-refractivity contribution in [3.63, 3.8) is 0 Å². The number of benzene rings is 1. The molecule has 134 valence electrons. The van der Waals surface area contributed by atoms with Gasteiger partial charge in [-0.3, -0.25) is 4.79 Å². The van der Waals surface area contributed by atoms with Crippen molar-refractivity contribution in [3.8, 4) is 0 Å². The molecular weight excluding hydrogens is 324 g/mol. The number of ether oxygens (including phenoxy) is 1. The van der Waals surface area contributed by atoms with E-state index in [0.29, 0.717) is 12.3 Å². The van der Waals surface area contributed by atoms with Crippen LogP contribution in [0.15, 0.2) is 24.3 Å². The van der Waals surface area contributed by atoms with Gasteiger partial charge in [0, 0.05) is 19.1 Å². The normalized spacial score (nSPS) is 29.8. The Morgan fingerprint density at radius 3 is 2.62 bits per heavy atom. The van der Waals surface area contributed by atoms with Crippen molar-refractivity contribution < 1.29 is 9.53 Å². The quantitative estimate of drug-likeness (QED) is 0.874. The van der Waals surface area contributed by atoms with Crippen molar-refractivity contribution in [1.82, 2.24) is 5.32 Å². The van der Waals surface area contributed by atoms with E-state index < -0.39 is 0 Å². The Kier molecular flexibility index (Phi) is 7.08. The molecule has 0 radical (unpaired) electrons. The van der Waals surface area contributed by atoms with Gasteiger partial charge in [-0.15, -0.1) is 12.4 Å². The van der Waals surface area contributed by atoms with Gasteiger partial charge in [-0.25, -0.2) is 0 Å². The summed E-state index contributed by atoms with van der Waals surface area (Å²) in [5.74, 6) is 0.470. The zero-order valence-electron chi connectivity index (χ0n) is 14.4. The lowest BCUT2D eigenvalue weighted by molar-refractivity contribution is -0.125. The van der Waals surface area contributed by atoms with Crippen LogP contribution in [0.25, 0.3) is 0 Å². The molecule has 1 aromatic carbocycles. The molecule has 1 aliphatic carbocycles. The van der Waals surface area contributed by atoms with Crippen LogP contribution in [0.4, 0.5) is 0 Å². The minimum Gasteiger partial charge on any atom is -0.371 e. The van der Waals surface area contributed by atoms with Gasteiger partial charge in [0.15, 0.2) is 0 Å². The van der Waals surface area contributed by atoms with Crippen LogP contribution in [0, 0.1) is 12.8 Å². The van der Waals surface area contributed by atoms with Gasteiger partial charge in [-0.05, 0) is 44.1 Å². The van der Waals surface area contributed by atoms with Gasteiger partial charge in [0.05, 0.1) is 6.04 Å². The fourth-order valence-corrected chi connectivity index (χ4v) is 3.84. The number of nitrogens with two attached hydrogens (primary N) is 1. The third kappa shape index (κ3) is 4.71. The monoisotopic (exact) mass is 352 g/mol. The molecule has 24 heavy (non-hydrogen) atoms. The molecule has 2 aliphatic rings. The largest absolute Gasteiger partial charge is 0.371 e. The standard InChI is InChI=1S/C19H28N2O2.ClH/c1-13-7-9-14(10-8-13)19-17(6-3-11-23-19)21-18(22)12-15-4-2-5-16(15)20;/h7-10,15-17,19H,2-6,11-12,20H2,1H3,(H,21,22);1H/t15-,16+,17?,19?;/m0./s1. The topological polar surface area (TPSA) is 64.3 Å². The van der Waals surface area contributed by atoms with Crippen molar-refractivity contribution in [2.45, 2.75) is 63.6 Å². The molecule has 2 fully saturated rings. The summed E-state index contributed by atoms with van der Waals surface area (Å²) in [7, 11) is 0. The van der Waals surface area contributed by atoms with Crippen molar-refractivity contribution in [2.75, 3.05) is 6.61 Å². The SMILES string of the molecule is Cc1ccc(C2OCCCC2NC(=O)C[C@@H]2CCC[C@H]2N)cc1.Cl. The fourth-order valence-electron chi connectivity index (χ4n) is 3.84. The minimum absolute atomic E-state index is 0. The fraction of sp³-hybridized carbons (Fsp3) is 0.632. The van der Waals surface area contributed by atoms with Crippen LogP contribution in [0.1, 0.15) is 55.8 Å². The van der Waals surface area contributed by atoms with Gasteiger partial charge >= 0.3 is 0 Å². The van der Waals surface area contributed by atoms with E-state index in [1.165, 1.54) is 5.56 Å². The van der Waals surface area contributed by atoms with Crippen LogP contribution in [0.5, 0.6) is 0 Å². The van der Waals surface area contributed by atoms with E-state index in [1.807, 2.05) is 0 Å². The van der Waals surface area contributed by atoms with Crippen molar-refractivity contribution in [3.05, 3.63) is 35.4 Å². The van der Waals surface area contributed by atoms with E-state index in [2.05, 4.69) is 36.5 Å². The third-order valence-electron chi connectivity index (χ3n) is 5.24. The van der Waals surface area contributed by atoms with Crippen molar-refractivity contribution in [1.29, 1.82) is 0 Å². The third-order valence-corrected chi connectivity index (χ3v) is 5.24. The average molecular weight is 353 g/mol. The molecule has 1 aromatic rings. The highest BCUT2D eigenvalue weighted by Gasteiger charge is 2.31. The summed E-state index contributed by atoms with van der Waals surface area (Å²) in [6.45, 7) is 2.84. The maximum atomic E-state index is 12.4. The number of hydrogen-bond donors (Lipinski definition) is 2. The zero-order valence-corrected chi connectivity index (χ0v) is 15.2. The van der Waals surface area contributed by atoms with Gasteiger partial charge in [0.25, 0.3) is 0 Å². The number of halogens is 1. The minimum atomic E-state index is -0.0365. The molecule has 4 atom stereocenters. The lowest BCUT2D eigenvalue weighted by atomic mass is 9.94. The molecule has 1 heterocycles. The average Bonchev–Trinajstić information content (AvgIpc) is 2.94. The highest BCUT2D eigenvalue weighted by atomic mass is 35.5. The second kappa shape index (κ2) is 8.84. The highest BCUT2D eigenvalue weighted by Crippen LogP contribution is 2.30. The van der Waals surface area contributed by atoms with E-state index >= 15 is 0 Å². The molecule has 3 N–H and O–H groups in total. The summed E-state index contributed by atoms with van der Waals surface area (Å²) in [5.41, 5.74) is 8.48. The Balaban J connectivity index is 0.00000208. The molecule has 1 saturated carbocycles. The summed E-state index contributed by atoms with van der Waals surface area (Å²) in [4.78, 5) is 12.4. The second-order valence-electron chi connectivity index (χ2n) is 7.08. The number of amides is 1. The Bertz CT molecular complexity index is 535. The predicted molar refractivity (Wildman–Crippen MR) is 98.2 cm³/mol. The van der Waals surface area contributed by atoms with Gasteiger partial charge in [-0.2, -0.15) is 0 Å². The van der Waals surface area contributed by atoms with Crippen LogP contribution in [0.2, 0.25) is 0 Å². The Morgan fingerprint density at radius 2 is 1.96 bits per heavy atom. The van der Waals surface area contributed by atoms with E-state index in [-0.39, 0.29) is 36.5 Å². The summed E-state index contributed by atoms with van der Waals surface area (Å²) < 4.78 is 5.97. The maximum absolute atomic E-state index is 12.4. The first kappa shape index (κ1) is 19.2. The first-order valence-electron chi connectivity index (χ1n) is 8.86. The lowest BCUT2D eigenvalue weighted by Gasteiger charge is -2.33. The summed E-state index contributed by atoms with van der Waals surface area (Å²) in [6.07, 6.45) is 5.77. The molecule has 5 heteroatoms. The summed E-state index contributed by atoms with van der Waals surface area (Å²) >= 11 is 0. The molecular formula is C19H29ClN2O2. The first-order chi connectivity index (χ1) is 11.1. The van der Waals surface area contributed by atoms with Gasteiger partial charge < -0.3 is 15.8 Å². The Hall–Kier alpha value is -1.10. The molecule has 2 unspecified atom stereocenters. The Labute approximate surface area is 150 Å². The molecule has 3 rings (SSSR count). The number of rotatable bonds is 4. The number of carbonyl (C=O) groups excluding carboxylic acids is 1. The number of nitrogens with one attached hydrogen (secondary N) is 1. The Morgan fingerprint density at radius 1 is 1.21 bits per heavy atom. The van der Waals surface area contributed by atoms with Crippen LogP contribution >= 0.6 is 12.4 Å². The summed E-state index contributed by atoms with van der Waals surface area (Å²) in [5, 5.41) is 3.21. The summed E-state index contributed by atoms with van der Waals surface area (Å²) in [6, 6.07) is 8.68. The van der Waals surface area contributed by atoms with E-state index in [9.17, 15) is 4.79 Å². The van der Waals surface area contributed by atoms with Gasteiger partial charge in [0.1, 0.15) is 6.10 Å². The molecule has 1 amide bonds. The second-order valence-corrected chi connectivity index (χ2v) is 7.08. The molecule has 0 bridgehead atoms. The zero-order chi connectivity index (χ0) is 16.2. The molecule has 4 nitrogen and oxygen atoms in total. The lowest BCUT2D eigenvalue weighted by Crippen LogP contribution is -2.44. The van der Waals surface area contributed by atoms with Crippen molar-refractivity contribution >= 4 is 18.3 Å². The highest BCUT2D eigenvalue weighted by molar-refractivity contribution is 5.85. The van der Waals surface area contributed by atoms with Crippen molar-refractivity contribution in [2.24, 2.45) is 11.7 Å². The number of aryl methyl sites for hydroxylation is 1.